The van der Waals surface area contributed by atoms with E-state index >= 15 is 0 Å². The van der Waals surface area contributed by atoms with Gasteiger partial charge in [-0.05, 0) is 83.1 Å². The van der Waals surface area contributed by atoms with Crippen molar-refractivity contribution in [1.29, 1.82) is 0 Å². The third-order valence-corrected chi connectivity index (χ3v) is 4.76. The van der Waals surface area contributed by atoms with E-state index in [-0.39, 0.29) is 0 Å². The Labute approximate surface area is 144 Å². The average Bonchev–Trinajstić information content (AvgIpc) is 3.13. The first-order valence-electron chi connectivity index (χ1n) is 7.34. The molecule has 0 saturated heterocycles. The van der Waals surface area contributed by atoms with Gasteiger partial charge < -0.3 is 0 Å². The smallest absolute Gasteiger partial charge is 0.221 e. The molecule has 0 atom stereocenters. The summed E-state index contributed by atoms with van der Waals surface area (Å²) in [4.78, 5) is 2.17. The maximum absolute atomic E-state index is 5.55. The number of thiophene rings is 1. The second-order valence-electron chi connectivity index (χ2n) is 5.75. The molecule has 0 unspecified atom stereocenters. The summed E-state index contributed by atoms with van der Waals surface area (Å²) in [6.45, 7) is 5.59. The molecule has 0 amide bonds. The van der Waals surface area contributed by atoms with E-state index in [2.05, 4.69) is 71.2 Å². The zero-order valence-corrected chi connectivity index (χ0v) is 15.1. The SMILES string of the molecule is Cc1ccc(C)c(-n2nnn(CN(C)Cc3ccsc3)c2=S)c1. The van der Waals surface area contributed by atoms with Crippen LogP contribution in [0.15, 0.2) is 35.0 Å². The minimum atomic E-state index is 0.607. The highest BCUT2D eigenvalue weighted by molar-refractivity contribution is 7.71. The molecule has 0 aliphatic rings. The molecule has 0 aliphatic carbocycles. The minimum absolute atomic E-state index is 0.607. The van der Waals surface area contributed by atoms with Crippen molar-refractivity contribution in [2.24, 2.45) is 0 Å². The zero-order valence-electron chi connectivity index (χ0n) is 13.4. The van der Waals surface area contributed by atoms with E-state index in [4.69, 9.17) is 12.2 Å². The molecule has 0 bridgehead atoms. The first-order chi connectivity index (χ1) is 11.0. The van der Waals surface area contributed by atoms with Crippen molar-refractivity contribution in [3.8, 4) is 5.69 Å². The number of hydrogen-bond acceptors (Lipinski definition) is 5. The van der Waals surface area contributed by atoms with Crippen molar-refractivity contribution in [2.45, 2.75) is 27.1 Å². The van der Waals surface area contributed by atoms with Crippen LogP contribution in [0, 0.1) is 18.6 Å². The van der Waals surface area contributed by atoms with E-state index in [0.717, 1.165) is 17.8 Å². The molecule has 23 heavy (non-hydrogen) atoms. The van der Waals surface area contributed by atoms with Crippen LogP contribution in [0.1, 0.15) is 16.7 Å². The van der Waals surface area contributed by atoms with E-state index in [9.17, 15) is 0 Å². The number of benzene rings is 1. The van der Waals surface area contributed by atoms with Gasteiger partial charge in [-0.2, -0.15) is 16.0 Å². The highest BCUT2D eigenvalue weighted by Gasteiger charge is 2.10. The van der Waals surface area contributed by atoms with Crippen molar-refractivity contribution in [2.75, 3.05) is 7.05 Å². The van der Waals surface area contributed by atoms with Crippen molar-refractivity contribution in [1.82, 2.24) is 24.7 Å². The summed E-state index contributed by atoms with van der Waals surface area (Å²) >= 11 is 7.26. The Balaban J connectivity index is 1.82. The lowest BCUT2D eigenvalue weighted by molar-refractivity contribution is 0.242. The summed E-state index contributed by atoms with van der Waals surface area (Å²) < 4.78 is 4.09. The van der Waals surface area contributed by atoms with Crippen LogP contribution in [0.2, 0.25) is 0 Å². The van der Waals surface area contributed by atoms with Crippen LogP contribution in [0.3, 0.4) is 0 Å². The molecule has 0 spiro atoms. The van der Waals surface area contributed by atoms with Crippen LogP contribution >= 0.6 is 23.6 Å². The van der Waals surface area contributed by atoms with Crippen LogP contribution < -0.4 is 0 Å². The van der Waals surface area contributed by atoms with Gasteiger partial charge in [-0.15, -0.1) is 0 Å². The first kappa shape index (κ1) is 16.0. The van der Waals surface area contributed by atoms with E-state index < -0.39 is 0 Å². The van der Waals surface area contributed by atoms with Gasteiger partial charge in [0.1, 0.15) is 0 Å². The van der Waals surface area contributed by atoms with Gasteiger partial charge in [0.2, 0.25) is 4.77 Å². The number of aromatic nitrogens is 4. The second kappa shape index (κ2) is 6.74. The van der Waals surface area contributed by atoms with Gasteiger partial charge >= 0.3 is 0 Å². The third kappa shape index (κ3) is 3.57. The summed E-state index contributed by atoms with van der Waals surface area (Å²) in [5.74, 6) is 0. The molecule has 0 saturated carbocycles. The van der Waals surface area contributed by atoms with Gasteiger partial charge in [-0.25, -0.2) is 4.68 Å². The van der Waals surface area contributed by atoms with Crippen molar-refractivity contribution in [3.05, 3.63) is 56.5 Å². The molecule has 7 heteroatoms. The summed E-state index contributed by atoms with van der Waals surface area (Å²) in [6.07, 6.45) is 0. The van der Waals surface area contributed by atoms with E-state index in [1.807, 2.05) is 0 Å². The van der Waals surface area contributed by atoms with E-state index in [0.29, 0.717) is 11.4 Å². The topological polar surface area (TPSA) is 38.9 Å². The van der Waals surface area contributed by atoms with Gasteiger partial charge in [-0.1, -0.05) is 12.1 Å². The highest BCUT2D eigenvalue weighted by Crippen LogP contribution is 2.15. The lowest BCUT2D eigenvalue weighted by Gasteiger charge is -2.14. The van der Waals surface area contributed by atoms with E-state index in [1.165, 1.54) is 11.1 Å². The maximum atomic E-state index is 5.55. The Bertz CT molecular complexity index is 848. The van der Waals surface area contributed by atoms with Crippen LogP contribution in [0.5, 0.6) is 0 Å². The van der Waals surface area contributed by atoms with Crippen molar-refractivity contribution < 1.29 is 0 Å². The molecule has 3 rings (SSSR count). The molecular formula is C16H19N5S2. The molecule has 3 aromatic rings. The fraction of sp³-hybridized carbons (Fsp3) is 0.312. The quantitative estimate of drug-likeness (QED) is 0.663. The molecule has 0 radical (unpaired) electrons. The lowest BCUT2D eigenvalue weighted by Crippen LogP contribution is -2.22. The number of hydrogen-bond donors (Lipinski definition) is 0. The first-order valence-corrected chi connectivity index (χ1v) is 8.70. The molecule has 0 fully saturated rings. The Kier molecular flexibility index (Phi) is 4.70. The maximum Gasteiger partial charge on any atom is 0.221 e. The number of aryl methyl sites for hydroxylation is 2. The summed E-state index contributed by atoms with van der Waals surface area (Å²) in [5.41, 5.74) is 4.59. The van der Waals surface area contributed by atoms with Gasteiger partial charge in [0.05, 0.1) is 12.4 Å². The summed E-state index contributed by atoms with van der Waals surface area (Å²) in [7, 11) is 2.05. The molecule has 120 valence electrons. The molecular weight excluding hydrogens is 326 g/mol. The monoisotopic (exact) mass is 345 g/mol. The molecule has 0 N–H and O–H groups in total. The Morgan fingerprint density at radius 2 is 2.04 bits per heavy atom. The molecule has 0 aliphatic heterocycles. The van der Waals surface area contributed by atoms with Gasteiger partial charge in [0.25, 0.3) is 0 Å². The molecule has 5 nitrogen and oxygen atoms in total. The van der Waals surface area contributed by atoms with Crippen LogP contribution in [-0.4, -0.2) is 31.7 Å². The van der Waals surface area contributed by atoms with Crippen LogP contribution in [0.4, 0.5) is 0 Å². The number of rotatable bonds is 5. The molecule has 1 aromatic carbocycles. The van der Waals surface area contributed by atoms with Gasteiger partial charge in [0, 0.05) is 6.54 Å². The van der Waals surface area contributed by atoms with Gasteiger partial charge in [0.15, 0.2) is 0 Å². The predicted molar refractivity (Wildman–Crippen MR) is 95.4 cm³/mol. The Morgan fingerprint density at radius 3 is 2.78 bits per heavy atom. The second-order valence-corrected chi connectivity index (χ2v) is 6.90. The fourth-order valence-corrected chi connectivity index (χ4v) is 3.32. The van der Waals surface area contributed by atoms with Crippen LogP contribution in [-0.2, 0) is 13.2 Å². The standard InChI is InChI=1S/C16H19N5S2/c1-12-4-5-13(2)15(8-12)21-16(22)20(17-18-21)11-19(3)9-14-6-7-23-10-14/h4-8,10H,9,11H2,1-3H3. The van der Waals surface area contributed by atoms with Crippen molar-refractivity contribution >= 4 is 23.6 Å². The van der Waals surface area contributed by atoms with Gasteiger partial charge in [-0.3, -0.25) is 4.90 Å². The van der Waals surface area contributed by atoms with Crippen molar-refractivity contribution in [3.63, 3.8) is 0 Å². The predicted octanol–water partition coefficient (Wildman–Crippen LogP) is 3.57. The molecule has 2 heterocycles. The largest absolute Gasteiger partial charge is 0.283 e. The Morgan fingerprint density at radius 1 is 1.22 bits per heavy atom. The van der Waals surface area contributed by atoms with Crippen LogP contribution in [0.25, 0.3) is 5.69 Å². The highest BCUT2D eigenvalue weighted by atomic mass is 32.1. The minimum Gasteiger partial charge on any atom is -0.283 e. The third-order valence-electron chi connectivity index (χ3n) is 3.64. The zero-order chi connectivity index (χ0) is 16.4. The Hall–Kier alpha value is -1.83. The normalized spacial score (nSPS) is 11.3. The lowest BCUT2D eigenvalue weighted by atomic mass is 10.1. The summed E-state index contributed by atoms with van der Waals surface area (Å²) in [6, 6.07) is 8.38. The fourth-order valence-electron chi connectivity index (χ4n) is 2.43. The van der Waals surface area contributed by atoms with E-state index in [1.54, 1.807) is 20.7 Å². The number of tetrazole rings is 1. The average molecular weight is 345 g/mol. The number of nitrogens with zero attached hydrogens (tertiary/aromatic N) is 5. The molecule has 2 aromatic heterocycles. The summed E-state index contributed by atoms with van der Waals surface area (Å²) in [5, 5.41) is 12.7.